The van der Waals surface area contributed by atoms with Gasteiger partial charge in [0.15, 0.2) is 15.8 Å². The smallest absolute Gasteiger partial charge is 0.246 e. The number of aromatic nitrogens is 2. The highest BCUT2D eigenvalue weighted by molar-refractivity contribution is 14.0. The van der Waals surface area contributed by atoms with Crippen molar-refractivity contribution < 1.29 is 12.9 Å². The molecule has 2 aromatic rings. The van der Waals surface area contributed by atoms with Crippen LogP contribution in [-0.2, 0) is 16.4 Å². The van der Waals surface area contributed by atoms with Gasteiger partial charge in [0.25, 0.3) is 0 Å². The Balaban J connectivity index is 0.00000243. The van der Waals surface area contributed by atoms with E-state index < -0.39 is 9.84 Å². The van der Waals surface area contributed by atoms with Gasteiger partial charge in [0.1, 0.15) is 0 Å². The molecule has 1 aliphatic heterocycles. The number of rotatable bonds is 4. The van der Waals surface area contributed by atoms with E-state index in [9.17, 15) is 8.42 Å². The first kappa shape index (κ1) is 20.9. The van der Waals surface area contributed by atoms with Gasteiger partial charge in [-0.25, -0.2) is 8.42 Å². The van der Waals surface area contributed by atoms with Gasteiger partial charge in [-0.05, 0) is 18.6 Å². The van der Waals surface area contributed by atoms with E-state index in [1.807, 2.05) is 12.1 Å². The summed E-state index contributed by atoms with van der Waals surface area (Å²) in [6.07, 6.45) is 0.572. The Bertz CT molecular complexity index is 887. The second-order valence-corrected chi connectivity index (χ2v) is 8.36. The zero-order chi connectivity index (χ0) is 17.9. The van der Waals surface area contributed by atoms with E-state index in [-0.39, 0.29) is 48.1 Å². The Morgan fingerprint density at radius 3 is 2.92 bits per heavy atom. The summed E-state index contributed by atoms with van der Waals surface area (Å²) in [5, 5.41) is 10.7. The van der Waals surface area contributed by atoms with Gasteiger partial charge in [-0.3, -0.25) is 4.99 Å². The van der Waals surface area contributed by atoms with Gasteiger partial charge >= 0.3 is 0 Å². The molecule has 26 heavy (non-hydrogen) atoms. The number of sulfone groups is 1. The van der Waals surface area contributed by atoms with Crippen LogP contribution in [0.1, 0.15) is 12.3 Å². The lowest BCUT2D eigenvalue weighted by molar-refractivity contribution is 0.375. The van der Waals surface area contributed by atoms with Gasteiger partial charge in [0.2, 0.25) is 11.7 Å². The fourth-order valence-corrected chi connectivity index (χ4v) is 4.39. The van der Waals surface area contributed by atoms with Crippen LogP contribution in [0.3, 0.4) is 0 Å². The molecule has 1 aromatic heterocycles. The van der Waals surface area contributed by atoms with Crippen molar-refractivity contribution in [2.75, 3.05) is 18.6 Å². The summed E-state index contributed by atoms with van der Waals surface area (Å²) in [4.78, 5) is 8.39. The van der Waals surface area contributed by atoms with Crippen molar-refractivity contribution in [1.29, 1.82) is 0 Å². The van der Waals surface area contributed by atoms with E-state index in [1.54, 1.807) is 19.2 Å². The van der Waals surface area contributed by atoms with Crippen molar-refractivity contribution in [3.63, 3.8) is 0 Å². The van der Waals surface area contributed by atoms with Gasteiger partial charge in [-0.15, -0.1) is 24.0 Å². The molecule has 0 amide bonds. The number of aliphatic imine (C=N–C) groups is 1. The Labute approximate surface area is 173 Å². The number of guanidine groups is 1. The summed E-state index contributed by atoms with van der Waals surface area (Å²) in [6.45, 7) is 0.271. The SMILES string of the molecule is CN=C(NCc1nc(-c2cccc(Cl)c2)no1)NC1CCS(=O)(=O)C1.I. The number of benzene rings is 1. The summed E-state index contributed by atoms with van der Waals surface area (Å²) in [5.74, 6) is 1.65. The molecule has 1 unspecified atom stereocenters. The topological polar surface area (TPSA) is 109 Å². The van der Waals surface area contributed by atoms with Gasteiger partial charge in [0, 0.05) is 23.7 Å². The predicted octanol–water partition coefficient (Wildman–Crippen LogP) is 1.86. The molecule has 0 saturated carbocycles. The lowest BCUT2D eigenvalue weighted by Gasteiger charge is -2.14. The molecule has 1 saturated heterocycles. The Hall–Kier alpha value is -1.40. The molecule has 1 atom stereocenters. The standard InChI is InChI=1S/C15H18ClN5O3S.HI/c1-17-15(19-12-5-6-25(22,23)9-12)18-8-13-20-14(21-24-13)10-3-2-4-11(16)7-10;/h2-4,7,12H,5-6,8-9H2,1H3,(H2,17,18,19);1H. The molecule has 142 valence electrons. The third kappa shape index (κ3) is 5.55. The van der Waals surface area contributed by atoms with Crippen LogP contribution in [0.15, 0.2) is 33.8 Å². The maximum atomic E-state index is 11.5. The van der Waals surface area contributed by atoms with Gasteiger partial charge in [0.05, 0.1) is 18.1 Å². The molecule has 2 heterocycles. The molecule has 11 heteroatoms. The largest absolute Gasteiger partial charge is 0.353 e. The number of hydrogen-bond donors (Lipinski definition) is 2. The number of halogens is 2. The highest BCUT2D eigenvalue weighted by atomic mass is 127. The summed E-state index contributed by atoms with van der Waals surface area (Å²) in [5.41, 5.74) is 0.765. The predicted molar refractivity (Wildman–Crippen MR) is 111 cm³/mol. The molecule has 0 aliphatic carbocycles. The highest BCUT2D eigenvalue weighted by Crippen LogP contribution is 2.19. The normalized spacial score (nSPS) is 19.0. The lowest BCUT2D eigenvalue weighted by atomic mass is 10.2. The van der Waals surface area contributed by atoms with E-state index in [4.69, 9.17) is 16.1 Å². The van der Waals surface area contributed by atoms with Crippen LogP contribution in [0.25, 0.3) is 11.4 Å². The molecular formula is C15H19ClIN5O3S. The van der Waals surface area contributed by atoms with Crippen molar-refractivity contribution in [1.82, 2.24) is 20.8 Å². The van der Waals surface area contributed by atoms with Crippen molar-refractivity contribution in [2.45, 2.75) is 19.0 Å². The zero-order valence-corrected chi connectivity index (χ0v) is 17.9. The average Bonchev–Trinajstić information content (AvgIpc) is 3.18. The number of hydrogen-bond acceptors (Lipinski definition) is 6. The van der Waals surface area contributed by atoms with Crippen molar-refractivity contribution in [3.8, 4) is 11.4 Å². The van der Waals surface area contributed by atoms with Gasteiger partial charge in [-0.1, -0.05) is 28.9 Å². The van der Waals surface area contributed by atoms with Gasteiger partial charge in [-0.2, -0.15) is 4.98 Å². The molecule has 8 nitrogen and oxygen atoms in total. The third-order valence-corrected chi connectivity index (χ3v) is 5.76. The lowest BCUT2D eigenvalue weighted by Crippen LogP contribution is -2.43. The van der Waals surface area contributed by atoms with Crippen molar-refractivity contribution in [3.05, 3.63) is 35.2 Å². The van der Waals surface area contributed by atoms with E-state index in [1.165, 1.54) is 0 Å². The molecule has 1 aromatic carbocycles. The fourth-order valence-electron chi connectivity index (χ4n) is 2.53. The number of nitrogens with zero attached hydrogens (tertiary/aromatic N) is 3. The van der Waals surface area contributed by atoms with Crippen molar-refractivity contribution in [2.24, 2.45) is 4.99 Å². The first-order valence-electron chi connectivity index (χ1n) is 7.71. The van der Waals surface area contributed by atoms with E-state index in [2.05, 4.69) is 25.8 Å². The summed E-state index contributed by atoms with van der Waals surface area (Å²) >= 11 is 5.96. The maximum Gasteiger partial charge on any atom is 0.246 e. The summed E-state index contributed by atoms with van der Waals surface area (Å²) in [7, 11) is -1.33. The van der Waals surface area contributed by atoms with Crippen LogP contribution in [0.2, 0.25) is 5.02 Å². The highest BCUT2D eigenvalue weighted by Gasteiger charge is 2.28. The fraction of sp³-hybridized carbons (Fsp3) is 0.400. The van der Waals surface area contributed by atoms with Crippen LogP contribution in [0, 0.1) is 0 Å². The van der Waals surface area contributed by atoms with Crippen molar-refractivity contribution >= 4 is 51.4 Å². The second-order valence-electron chi connectivity index (χ2n) is 5.69. The van der Waals surface area contributed by atoms with E-state index in [0.29, 0.717) is 29.1 Å². The summed E-state index contributed by atoms with van der Waals surface area (Å²) in [6, 6.07) is 7.04. The molecular weight excluding hydrogens is 493 g/mol. The van der Waals surface area contributed by atoms with Crippen LogP contribution < -0.4 is 10.6 Å². The first-order chi connectivity index (χ1) is 11.9. The maximum absolute atomic E-state index is 11.5. The molecule has 0 bridgehead atoms. The minimum absolute atomic E-state index is 0. The zero-order valence-electron chi connectivity index (χ0n) is 14.0. The van der Waals surface area contributed by atoms with Crippen LogP contribution in [-0.4, -0.2) is 49.1 Å². The Kier molecular flexibility index (Phi) is 7.24. The van der Waals surface area contributed by atoms with Crippen LogP contribution >= 0.6 is 35.6 Å². The Morgan fingerprint density at radius 2 is 2.27 bits per heavy atom. The minimum Gasteiger partial charge on any atom is -0.353 e. The van der Waals surface area contributed by atoms with E-state index in [0.717, 1.165) is 5.56 Å². The number of nitrogens with one attached hydrogen (secondary N) is 2. The quantitative estimate of drug-likeness (QED) is 0.366. The van der Waals surface area contributed by atoms with Crippen LogP contribution in [0.5, 0.6) is 0 Å². The monoisotopic (exact) mass is 511 g/mol. The molecule has 2 N–H and O–H groups in total. The minimum atomic E-state index is -2.94. The first-order valence-corrected chi connectivity index (χ1v) is 9.91. The molecule has 1 fully saturated rings. The summed E-state index contributed by atoms with van der Waals surface area (Å²) < 4.78 is 28.2. The molecule has 1 aliphatic rings. The molecule has 0 radical (unpaired) electrons. The Morgan fingerprint density at radius 1 is 1.46 bits per heavy atom. The second kappa shape index (κ2) is 9.00. The molecule has 0 spiro atoms. The van der Waals surface area contributed by atoms with E-state index >= 15 is 0 Å². The average molecular weight is 512 g/mol. The van der Waals surface area contributed by atoms with Crippen LogP contribution in [0.4, 0.5) is 0 Å². The van der Waals surface area contributed by atoms with Gasteiger partial charge < -0.3 is 15.2 Å². The molecule has 3 rings (SSSR count). The third-order valence-electron chi connectivity index (χ3n) is 3.75.